The maximum Gasteiger partial charge on any atom is 0.335 e. The van der Waals surface area contributed by atoms with Crippen LogP contribution in [-0.2, 0) is 18.3 Å². The van der Waals surface area contributed by atoms with E-state index in [-0.39, 0.29) is 5.41 Å². The van der Waals surface area contributed by atoms with Crippen molar-refractivity contribution in [3.63, 3.8) is 0 Å². The summed E-state index contributed by atoms with van der Waals surface area (Å²) in [4.78, 5) is 11.5. The molecule has 0 heterocycles. The van der Waals surface area contributed by atoms with Crippen LogP contribution in [0.15, 0.2) is 48.5 Å². The average molecular weight is 379 g/mol. The van der Waals surface area contributed by atoms with Crippen molar-refractivity contribution in [1.82, 2.24) is 0 Å². The maximum atomic E-state index is 11.5. The smallest absolute Gasteiger partial charge is 0.335 e. The van der Waals surface area contributed by atoms with Gasteiger partial charge in [0, 0.05) is 5.41 Å². The lowest BCUT2D eigenvalue weighted by Gasteiger charge is -2.53. The molecule has 1 saturated carbocycles. The number of hydrogen-bond donors (Lipinski definition) is 2. The Morgan fingerprint density at radius 1 is 1.14 bits per heavy atom. The quantitative estimate of drug-likeness (QED) is 0.757. The van der Waals surface area contributed by atoms with Crippen LogP contribution in [0.3, 0.4) is 0 Å². The molecule has 2 aliphatic carbocycles. The van der Waals surface area contributed by atoms with Crippen molar-refractivity contribution >= 4 is 5.97 Å². The van der Waals surface area contributed by atoms with Crippen LogP contribution >= 0.6 is 0 Å². The second-order valence-electron chi connectivity index (χ2n) is 8.91. The molecule has 3 nitrogen and oxygen atoms in total. The lowest BCUT2D eigenvalue weighted by atomic mass is 9.52. The summed E-state index contributed by atoms with van der Waals surface area (Å²) in [5, 5.41) is 20.6. The molecule has 2 aromatic rings. The van der Waals surface area contributed by atoms with E-state index >= 15 is 0 Å². The Morgan fingerprint density at radius 2 is 1.93 bits per heavy atom. The third-order valence-corrected chi connectivity index (χ3v) is 7.17. The molecule has 28 heavy (non-hydrogen) atoms. The van der Waals surface area contributed by atoms with Crippen molar-refractivity contribution in [3.8, 4) is 0 Å². The zero-order chi connectivity index (χ0) is 19.8. The van der Waals surface area contributed by atoms with Crippen LogP contribution in [-0.4, -0.2) is 21.8 Å². The van der Waals surface area contributed by atoms with Crippen LogP contribution in [0, 0.1) is 5.92 Å². The summed E-state index contributed by atoms with van der Waals surface area (Å²) < 4.78 is 0. The lowest BCUT2D eigenvalue weighted by Crippen LogP contribution is -2.51. The minimum absolute atomic E-state index is 0.00799. The highest BCUT2D eigenvalue weighted by Gasteiger charge is 2.51. The minimum atomic E-state index is -0.858. The number of carboxylic acids is 1. The largest absolute Gasteiger partial charge is 0.478 e. The van der Waals surface area contributed by atoms with Crippen LogP contribution < -0.4 is 0 Å². The number of carboxylic acid groups (broad SMARTS) is 1. The number of fused-ring (bicyclic) bond motifs is 3. The molecule has 0 aromatic heterocycles. The van der Waals surface area contributed by atoms with Gasteiger partial charge >= 0.3 is 5.97 Å². The molecular formula is C25H30O3. The first-order valence-corrected chi connectivity index (χ1v) is 10.6. The van der Waals surface area contributed by atoms with Crippen molar-refractivity contribution in [2.45, 2.75) is 69.3 Å². The van der Waals surface area contributed by atoms with E-state index in [9.17, 15) is 15.0 Å². The standard InChI is InChI=1S/C25H30O3/c1-2-12-24(28)13-14-25(16-18-6-4-3-5-7-18)21(17-24)10-8-19-15-20(23(26)27)9-11-22(19)25/h3-7,9,11,15,21,28H,2,8,10,12-14,16-17H2,1H3,(H,26,27)/t21-,24-,25+/m1/s1. The predicted molar refractivity (Wildman–Crippen MR) is 111 cm³/mol. The molecule has 0 bridgehead atoms. The first-order valence-electron chi connectivity index (χ1n) is 10.6. The van der Waals surface area contributed by atoms with Gasteiger partial charge < -0.3 is 10.2 Å². The van der Waals surface area contributed by atoms with Crippen molar-refractivity contribution in [3.05, 3.63) is 70.8 Å². The molecule has 0 saturated heterocycles. The SMILES string of the molecule is CCC[C@@]1(O)CC[C@@]2(Cc3ccccc3)c3ccc(C(=O)O)cc3CC[C@@H]2C1. The molecule has 3 atom stereocenters. The first-order chi connectivity index (χ1) is 13.5. The van der Waals surface area contributed by atoms with Gasteiger partial charge in [0.15, 0.2) is 0 Å². The van der Waals surface area contributed by atoms with E-state index in [2.05, 4.69) is 37.3 Å². The Kier molecular flexibility index (Phi) is 5.05. The van der Waals surface area contributed by atoms with Crippen LogP contribution in [0.1, 0.15) is 72.5 Å². The van der Waals surface area contributed by atoms with Gasteiger partial charge in [-0.15, -0.1) is 0 Å². The molecule has 0 unspecified atom stereocenters. The summed E-state index contributed by atoms with van der Waals surface area (Å²) in [7, 11) is 0. The Hall–Kier alpha value is -2.13. The molecule has 1 fully saturated rings. The molecule has 4 rings (SSSR count). The Morgan fingerprint density at radius 3 is 2.64 bits per heavy atom. The Balaban J connectivity index is 1.77. The second kappa shape index (κ2) is 7.36. The van der Waals surface area contributed by atoms with Crippen LogP contribution in [0.5, 0.6) is 0 Å². The number of rotatable bonds is 5. The number of aryl methyl sites for hydroxylation is 1. The molecule has 3 heteroatoms. The Bertz CT molecular complexity index is 859. The van der Waals surface area contributed by atoms with E-state index < -0.39 is 11.6 Å². The minimum Gasteiger partial charge on any atom is -0.478 e. The molecule has 0 aliphatic heterocycles. The number of aliphatic hydroxyl groups is 1. The second-order valence-corrected chi connectivity index (χ2v) is 8.91. The number of aromatic carboxylic acids is 1. The van der Waals surface area contributed by atoms with Gasteiger partial charge in [0.2, 0.25) is 0 Å². The summed E-state index contributed by atoms with van der Waals surface area (Å²) in [6, 6.07) is 16.3. The zero-order valence-electron chi connectivity index (χ0n) is 16.7. The van der Waals surface area contributed by atoms with Gasteiger partial charge in [0.25, 0.3) is 0 Å². The summed E-state index contributed by atoms with van der Waals surface area (Å²) in [6.07, 6.45) is 7.40. The lowest BCUT2D eigenvalue weighted by molar-refractivity contribution is -0.0565. The molecule has 2 N–H and O–H groups in total. The molecular weight excluding hydrogens is 348 g/mol. The van der Waals surface area contributed by atoms with Crippen molar-refractivity contribution in [1.29, 1.82) is 0 Å². The van der Waals surface area contributed by atoms with E-state index in [0.29, 0.717) is 11.5 Å². The fraction of sp³-hybridized carbons (Fsp3) is 0.480. The van der Waals surface area contributed by atoms with Gasteiger partial charge in [0.1, 0.15) is 0 Å². The molecule has 148 valence electrons. The van der Waals surface area contributed by atoms with Gasteiger partial charge in [-0.25, -0.2) is 4.79 Å². The molecule has 0 amide bonds. The highest BCUT2D eigenvalue weighted by Crippen LogP contribution is 2.55. The summed E-state index contributed by atoms with van der Waals surface area (Å²) in [5.74, 6) is -0.427. The fourth-order valence-electron chi connectivity index (χ4n) is 5.88. The summed E-state index contributed by atoms with van der Waals surface area (Å²) in [5.41, 5.74) is 3.66. The zero-order valence-corrected chi connectivity index (χ0v) is 16.7. The van der Waals surface area contributed by atoms with E-state index in [1.54, 1.807) is 6.07 Å². The Labute approximate surface area is 167 Å². The highest BCUT2D eigenvalue weighted by atomic mass is 16.4. The van der Waals surface area contributed by atoms with Crippen molar-refractivity contribution in [2.75, 3.05) is 0 Å². The number of carbonyl (C=O) groups is 1. The highest BCUT2D eigenvalue weighted by molar-refractivity contribution is 5.88. The molecule has 2 aromatic carbocycles. The normalized spacial score (nSPS) is 29.0. The van der Waals surface area contributed by atoms with Crippen LogP contribution in [0.4, 0.5) is 0 Å². The molecule has 2 aliphatic rings. The third kappa shape index (κ3) is 3.37. The average Bonchev–Trinajstić information content (AvgIpc) is 2.69. The summed E-state index contributed by atoms with van der Waals surface area (Å²) >= 11 is 0. The number of benzene rings is 2. The predicted octanol–water partition coefficient (Wildman–Crippen LogP) is 5.14. The van der Waals surface area contributed by atoms with E-state index in [0.717, 1.165) is 51.4 Å². The topological polar surface area (TPSA) is 57.5 Å². The first kappa shape index (κ1) is 19.2. The number of hydrogen-bond acceptors (Lipinski definition) is 2. The van der Waals surface area contributed by atoms with Crippen molar-refractivity contribution < 1.29 is 15.0 Å². The van der Waals surface area contributed by atoms with E-state index in [1.807, 2.05) is 12.1 Å². The van der Waals surface area contributed by atoms with Gasteiger partial charge in [-0.1, -0.05) is 49.7 Å². The van der Waals surface area contributed by atoms with E-state index in [4.69, 9.17) is 0 Å². The fourth-order valence-corrected chi connectivity index (χ4v) is 5.88. The molecule has 0 radical (unpaired) electrons. The van der Waals surface area contributed by atoms with E-state index in [1.165, 1.54) is 16.7 Å². The van der Waals surface area contributed by atoms with Crippen molar-refractivity contribution in [2.24, 2.45) is 5.92 Å². The monoisotopic (exact) mass is 378 g/mol. The van der Waals surface area contributed by atoms with Crippen LogP contribution in [0.2, 0.25) is 0 Å². The van der Waals surface area contributed by atoms with Crippen LogP contribution in [0.25, 0.3) is 0 Å². The van der Waals surface area contributed by atoms with Gasteiger partial charge in [-0.05, 0) is 79.7 Å². The molecule has 0 spiro atoms. The van der Waals surface area contributed by atoms with Gasteiger partial charge in [-0.3, -0.25) is 0 Å². The van der Waals surface area contributed by atoms with Gasteiger partial charge in [-0.2, -0.15) is 0 Å². The summed E-state index contributed by atoms with van der Waals surface area (Å²) in [6.45, 7) is 2.15. The van der Waals surface area contributed by atoms with Gasteiger partial charge in [0.05, 0.1) is 11.2 Å². The maximum absolute atomic E-state index is 11.5. The third-order valence-electron chi connectivity index (χ3n) is 7.17.